The average molecular weight is 281 g/mol. The molecule has 0 aliphatic heterocycles. The van der Waals surface area contributed by atoms with Crippen LogP contribution in [0.15, 0.2) is 42.5 Å². The molecule has 2 heteroatoms. The van der Waals surface area contributed by atoms with Gasteiger partial charge in [0.2, 0.25) is 0 Å². The zero-order valence-corrected chi connectivity index (χ0v) is 12.1. The van der Waals surface area contributed by atoms with Crippen LogP contribution in [0.1, 0.15) is 41.9 Å². The van der Waals surface area contributed by atoms with Gasteiger partial charge in [-0.1, -0.05) is 24.3 Å². The summed E-state index contributed by atoms with van der Waals surface area (Å²) >= 11 is 0. The Balaban J connectivity index is 1.39. The summed E-state index contributed by atoms with van der Waals surface area (Å²) in [5.74, 6) is 0.316. The molecule has 21 heavy (non-hydrogen) atoms. The molecule has 0 unspecified atom stereocenters. The zero-order chi connectivity index (χ0) is 14.2. The molecule has 0 radical (unpaired) electrons. The van der Waals surface area contributed by atoms with Crippen molar-refractivity contribution in [1.29, 1.82) is 0 Å². The quantitative estimate of drug-likeness (QED) is 0.862. The first-order chi connectivity index (χ1) is 10.3. The summed E-state index contributed by atoms with van der Waals surface area (Å²) in [7, 11) is 0. The van der Waals surface area contributed by atoms with Gasteiger partial charge >= 0.3 is 0 Å². The Kier molecular flexibility index (Phi) is 3.17. The topological polar surface area (TPSA) is 12.0 Å². The maximum atomic E-state index is 13.7. The van der Waals surface area contributed by atoms with Crippen molar-refractivity contribution in [1.82, 2.24) is 0 Å². The Labute approximate surface area is 125 Å². The molecule has 4 rings (SSSR count). The van der Waals surface area contributed by atoms with Crippen LogP contribution in [0, 0.1) is 5.82 Å². The Morgan fingerprint density at radius 3 is 2.62 bits per heavy atom. The van der Waals surface area contributed by atoms with E-state index >= 15 is 0 Å². The lowest BCUT2D eigenvalue weighted by Gasteiger charge is -2.37. The molecular weight excluding hydrogens is 261 g/mol. The van der Waals surface area contributed by atoms with Crippen molar-refractivity contribution in [2.75, 3.05) is 5.32 Å². The lowest BCUT2D eigenvalue weighted by molar-refractivity contribution is 0.363. The van der Waals surface area contributed by atoms with Crippen molar-refractivity contribution in [3.8, 4) is 0 Å². The second-order valence-electron chi connectivity index (χ2n) is 6.37. The fourth-order valence-corrected chi connectivity index (χ4v) is 3.69. The van der Waals surface area contributed by atoms with E-state index in [1.165, 1.54) is 36.1 Å². The average Bonchev–Trinajstić information content (AvgIpc) is 2.91. The Hall–Kier alpha value is -1.83. The maximum Gasteiger partial charge on any atom is 0.126 e. The fraction of sp³-hybridized carbons (Fsp3) is 0.368. The first kappa shape index (κ1) is 12.9. The summed E-state index contributed by atoms with van der Waals surface area (Å²) < 4.78 is 13.7. The predicted molar refractivity (Wildman–Crippen MR) is 84.3 cm³/mol. The molecule has 0 saturated heterocycles. The van der Waals surface area contributed by atoms with Crippen LogP contribution in [0.2, 0.25) is 0 Å². The number of benzene rings is 2. The first-order valence-electron chi connectivity index (χ1n) is 7.92. The summed E-state index contributed by atoms with van der Waals surface area (Å²) in [5.41, 5.74) is 5.13. The van der Waals surface area contributed by atoms with Crippen LogP contribution in [0.3, 0.4) is 0 Å². The van der Waals surface area contributed by atoms with Crippen LogP contribution in [-0.4, -0.2) is 6.04 Å². The van der Waals surface area contributed by atoms with Crippen molar-refractivity contribution in [2.24, 2.45) is 0 Å². The van der Waals surface area contributed by atoms with E-state index in [9.17, 15) is 4.39 Å². The molecule has 0 amide bonds. The predicted octanol–water partition coefficient (Wildman–Crippen LogP) is 4.67. The molecule has 0 bridgehead atoms. The molecule has 0 heterocycles. The lowest BCUT2D eigenvalue weighted by Crippen LogP contribution is -2.34. The van der Waals surface area contributed by atoms with E-state index in [2.05, 4.69) is 23.5 Å². The molecule has 2 aromatic rings. The van der Waals surface area contributed by atoms with E-state index in [-0.39, 0.29) is 5.82 Å². The minimum Gasteiger partial charge on any atom is -0.382 e. The molecule has 0 aromatic heterocycles. The van der Waals surface area contributed by atoms with Gasteiger partial charge in [0.05, 0.1) is 0 Å². The second-order valence-corrected chi connectivity index (χ2v) is 6.37. The second kappa shape index (κ2) is 5.18. The van der Waals surface area contributed by atoms with Gasteiger partial charge in [-0.15, -0.1) is 0 Å². The molecule has 1 N–H and O–H groups in total. The van der Waals surface area contributed by atoms with Gasteiger partial charge in [0.15, 0.2) is 0 Å². The molecule has 2 aliphatic carbocycles. The number of fused-ring (bicyclic) bond motifs is 1. The van der Waals surface area contributed by atoms with Gasteiger partial charge in [-0.2, -0.15) is 0 Å². The van der Waals surface area contributed by atoms with Crippen LogP contribution < -0.4 is 5.32 Å². The minimum absolute atomic E-state index is 0.0570. The minimum atomic E-state index is -0.0570. The van der Waals surface area contributed by atoms with E-state index in [1.807, 2.05) is 12.1 Å². The Bertz CT molecular complexity index is 658. The molecule has 1 fully saturated rings. The summed E-state index contributed by atoms with van der Waals surface area (Å²) in [5, 5.41) is 3.60. The molecule has 108 valence electrons. The number of hydrogen-bond donors (Lipinski definition) is 1. The van der Waals surface area contributed by atoms with Gasteiger partial charge in [0.1, 0.15) is 5.82 Å². The Morgan fingerprint density at radius 1 is 0.952 bits per heavy atom. The number of hydrogen-bond acceptors (Lipinski definition) is 1. The van der Waals surface area contributed by atoms with E-state index in [4.69, 9.17) is 0 Å². The Morgan fingerprint density at radius 2 is 1.76 bits per heavy atom. The normalized spacial score (nSPS) is 23.5. The van der Waals surface area contributed by atoms with Gasteiger partial charge in [0.25, 0.3) is 0 Å². The van der Waals surface area contributed by atoms with Crippen molar-refractivity contribution in [3.05, 3.63) is 65.0 Å². The zero-order valence-electron chi connectivity index (χ0n) is 12.1. The van der Waals surface area contributed by atoms with Crippen molar-refractivity contribution >= 4 is 5.69 Å². The van der Waals surface area contributed by atoms with Gasteiger partial charge < -0.3 is 5.32 Å². The smallest absolute Gasteiger partial charge is 0.126 e. The third-order valence-electron chi connectivity index (χ3n) is 4.95. The highest BCUT2D eigenvalue weighted by Crippen LogP contribution is 2.39. The summed E-state index contributed by atoms with van der Waals surface area (Å²) in [6, 6.07) is 14.4. The SMILES string of the molecule is Fc1ccccc1C1CC(Nc2ccc3c(c2)CCC3)C1. The van der Waals surface area contributed by atoms with Gasteiger partial charge in [-0.25, -0.2) is 4.39 Å². The summed E-state index contributed by atoms with van der Waals surface area (Å²) in [4.78, 5) is 0. The van der Waals surface area contributed by atoms with Crippen molar-refractivity contribution < 1.29 is 4.39 Å². The summed E-state index contributed by atoms with van der Waals surface area (Å²) in [6.45, 7) is 0. The highest BCUT2D eigenvalue weighted by molar-refractivity contribution is 5.51. The lowest BCUT2D eigenvalue weighted by atomic mass is 9.75. The van der Waals surface area contributed by atoms with Crippen molar-refractivity contribution in [3.63, 3.8) is 0 Å². The molecule has 1 saturated carbocycles. The number of anilines is 1. The fourth-order valence-electron chi connectivity index (χ4n) is 3.69. The maximum absolute atomic E-state index is 13.7. The van der Waals surface area contributed by atoms with Crippen LogP contribution >= 0.6 is 0 Å². The largest absolute Gasteiger partial charge is 0.382 e. The summed E-state index contributed by atoms with van der Waals surface area (Å²) in [6.07, 6.45) is 5.79. The molecule has 0 spiro atoms. The first-order valence-corrected chi connectivity index (χ1v) is 7.92. The van der Waals surface area contributed by atoms with Crippen LogP contribution in [0.5, 0.6) is 0 Å². The van der Waals surface area contributed by atoms with Gasteiger partial charge in [0, 0.05) is 11.7 Å². The van der Waals surface area contributed by atoms with Gasteiger partial charge in [-0.05, 0) is 72.9 Å². The highest BCUT2D eigenvalue weighted by Gasteiger charge is 2.31. The highest BCUT2D eigenvalue weighted by atomic mass is 19.1. The van der Waals surface area contributed by atoms with Crippen molar-refractivity contribution in [2.45, 2.75) is 44.1 Å². The monoisotopic (exact) mass is 281 g/mol. The van der Waals surface area contributed by atoms with E-state index < -0.39 is 0 Å². The third kappa shape index (κ3) is 2.44. The number of nitrogens with one attached hydrogen (secondary N) is 1. The third-order valence-corrected chi connectivity index (χ3v) is 4.95. The van der Waals surface area contributed by atoms with Crippen LogP contribution in [0.4, 0.5) is 10.1 Å². The number of aryl methyl sites for hydroxylation is 2. The molecule has 2 aromatic carbocycles. The van der Waals surface area contributed by atoms with E-state index in [1.54, 1.807) is 12.1 Å². The number of rotatable bonds is 3. The molecule has 1 nitrogen and oxygen atoms in total. The molecule has 2 aliphatic rings. The number of halogens is 1. The van der Waals surface area contributed by atoms with Crippen LogP contribution in [0.25, 0.3) is 0 Å². The van der Waals surface area contributed by atoms with E-state index in [0.29, 0.717) is 12.0 Å². The van der Waals surface area contributed by atoms with Crippen LogP contribution in [-0.2, 0) is 12.8 Å². The molecule has 0 atom stereocenters. The molecular formula is C19H20FN. The van der Waals surface area contributed by atoms with E-state index in [0.717, 1.165) is 18.4 Å². The van der Waals surface area contributed by atoms with Gasteiger partial charge in [-0.3, -0.25) is 0 Å². The standard InChI is InChI=1S/C19H20FN/c20-19-7-2-1-6-18(19)15-11-17(12-15)21-16-9-8-13-4-3-5-14(13)10-16/h1-2,6-10,15,17,21H,3-5,11-12H2.